The average molecular weight is 616 g/mol. The number of aromatic nitrogens is 2. The van der Waals surface area contributed by atoms with Crippen LogP contribution in [0.1, 0.15) is 24.8 Å². The van der Waals surface area contributed by atoms with Crippen LogP contribution < -0.4 is 10.6 Å². The molecule has 0 saturated carbocycles. The molecule has 17 heteroatoms. The summed E-state index contributed by atoms with van der Waals surface area (Å²) in [6, 6.07) is 3.69. The van der Waals surface area contributed by atoms with Crippen molar-refractivity contribution in [3.63, 3.8) is 0 Å². The molecule has 0 unspecified atom stereocenters. The van der Waals surface area contributed by atoms with Crippen LogP contribution in [0.15, 0.2) is 40.4 Å². The number of piperazine rings is 1. The van der Waals surface area contributed by atoms with E-state index in [1.807, 2.05) is 0 Å². The highest BCUT2D eigenvalue weighted by Gasteiger charge is 2.71. The van der Waals surface area contributed by atoms with Gasteiger partial charge in [0, 0.05) is 67.4 Å². The molecule has 2 saturated heterocycles. The first-order valence-electron chi connectivity index (χ1n) is 12.2. The van der Waals surface area contributed by atoms with Crippen LogP contribution in [0.4, 0.5) is 38.0 Å². The van der Waals surface area contributed by atoms with Gasteiger partial charge in [0.1, 0.15) is 0 Å². The Morgan fingerprint density at radius 2 is 1.65 bits per heavy atom. The quantitative estimate of drug-likeness (QED) is 0.257. The van der Waals surface area contributed by atoms with Gasteiger partial charge in [0.25, 0.3) is 5.60 Å². The summed E-state index contributed by atoms with van der Waals surface area (Å²) in [6.45, 7) is 0.880. The topological polar surface area (TPSA) is 122 Å². The second-order valence-corrected chi connectivity index (χ2v) is 12.1. The van der Waals surface area contributed by atoms with Gasteiger partial charge in [-0.05, 0) is 43.4 Å². The van der Waals surface area contributed by atoms with Crippen LogP contribution in [0.5, 0.6) is 0 Å². The van der Waals surface area contributed by atoms with Crippen molar-refractivity contribution in [2.75, 3.05) is 43.5 Å². The maximum absolute atomic E-state index is 13.5. The van der Waals surface area contributed by atoms with Crippen LogP contribution in [0, 0.1) is 5.92 Å². The van der Waals surface area contributed by atoms with Crippen molar-refractivity contribution in [3.05, 3.63) is 36.2 Å². The number of rotatable bonds is 6. The molecule has 0 amide bonds. The molecule has 0 bridgehead atoms. The zero-order valence-electron chi connectivity index (χ0n) is 20.9. The van der Waals surface area contributed by atoms with Crippen LogP contribution in [0.25, 0.3) is 0 Å². The Labute approximate surface area is 231 Å². The number of ether oxygens (including phenoxy) is 1. The summed E-state index contributed by atoms with van der Waals surface area (Å²) in [4.78, 5) is 9.15. The summed E-state index contributed by atoms with van der Waals surface area (Å²) >= 11 is 4.25. The number of nitrogens with two attached hydrogens (primary N) is 1. The third kappa shape index (κ3) is 5.84. The fourth-order valence-corrected chi connectivity index (χ4v) is 6.97. The van der Waals surface area contributed by atoms with Gasteiger partial charge < -0.3 is 20.5 Å². The summed E-state index contributed by atoms with van der Waals surface area (Å²) in [5.41, 5.74) is -0.731. The number of alkyl halides is 6. The summed E-state index contributed by atoms with van der Waals surface area (Å²) in [7, 11) is -4.05. The van der Waals surface area contributed by atoms with Crippen molar-refractivity contribution >= 4 is 34.3 Å². The summed E-state index contributed by atoms with van der Waals surface area (Å²) in [6.07, 6.45) is -9.74. The number of aliphatic hydroxyl groups is 1. The molecular weight excluding hydrogens is 588 g/mol. The minimum absolute atomic E-state index is 0.000503. The molecular formula is C23H27F6N5O4S2. The second-order valence-electron chi connectivity index (χ2n) is 9.71. The van der Waals surface area contributed by atoms with Crippen molar-refractivity contribution in [1.82, 2.24) is 14.3 Å². The molecule has 3 heterocycles. The monoisotopic (exact) mass is 615 g/mol. The van der Waals surface area contributed by atoms with E-state index < -0.39 is 39.6 Å². The number of nitrogen functional groups attached to an aromatic ring is 1. The lowest BCUT2D eigenvalue weighted by Crippen LogP contribution is -2.56. The first kappa shape index (κ1) is 30.6. The number of hydrogen-bond acceptors (Lipinski definition) is 9. The molecule has 0 spiro atoms. The largest absolute Gasteiger partial charge is 0.430 e. The van der Waals surface area contributed by atoms with Crippen LogP contribution in [-0.2, 0) is 20.4 Å². The molecule has 1 aromatic heterocycles. The maximum atomic E-state index is 13.5. The third-order valence-corrected chi connectivity index (χ3v) is 9.57. The first-order chi connectivity index (χ1) is 18.6. The second kappa shape index (κ2) is 11.2. The van der Waals surface area contributed by atoms with Crippen molar-refractivity contribution in [2.24, 2.45) is 5.92 Å². The molecule has 2 fully saturated rings. The van der Waals surface area contributed by atoms with Gasteiger partial charge in [0.2, 0.25) is 16.0 Å². The SMILES string of the molecule is Nc1ccc(S)c(S(=O)(=O)N2CCN(c3ncc(C(O)(C(F)(F)F)C(F)(F)F)cn3)[C@@H](CC3CCOCC3)C2)c1. The Balaban J connectivity index is 1.65. The van der Waals surface area contributed by atoms with Crippen molar-refractivity contribution in [3.8, 4) is 0 Å². The predicted molar refractivity (Wildman–Crippen MR) is 134 cm³/mol. The van der Waals surface area contributed by atoms with Gasteiger partial charge in [-0.1, -0.05) is 0 Å². The standard InChI is InChI=1S/C23H27F6N5O4S2/c24-22(25,26)21(35,23(27,28)29)15-11-31-20(32-12-15)34-6-5-33(13-17(34)9-14-3-7-38-8-4-14)40(36,37)19-10-16(30)1-2-18(19)39/h1-2,10-12,14,17,35,39H,3-9,13,30H2/t17-/m0/s1. The van der Waals surface area contributed by atoms with Crippen LogP contribution in [0.2, 0.25) is 0 Å². The number of thiol groups is 1. The molecule has 2 aliphatic heterocycles. The van der Waals surface area contributed by atoms with E-state index in [0.29, 0.717) is 32.5 Å². The highest BCUT2D eigenvalue weighted by Crippen LogP contribution is 2.49. The highest BCUT2D eigenvalue weighted by molar-refractivity contribution is 7.90. The fraction of sp³-hybridized carbons (Fsp3) is 0.565. The van der Waals surface area contributed by atoms with Crippen molar-refractivity contribution < 1.29 is 44.6 Å². The first-order valence-corrected chi connectivity index (χ1v) is 14.1. The maximum Gasteiger partial charge on any atom is 0.430 e. The van der Waals surface area contributed by atoms with Crippen LogP contribution in [-0.4, -0.2) is 79.0 Å². The van der Waals surface area contributed by atoms with E-state index in [9.17, 15) is 39.9 Å². The Bertz CT molecular complexity index is 1290. The number of halogens is 6. The Hall–Kier alpha value is -2.34. The van der Waals surface area contributed by atoms with E-state index in [-0.39, 0.29) is 59.4 Å². The number of nitrogens with zero attached hydrogens (tertiary/aromatic N) is 4. The molecule has 1 atom stereocenters. The normalized spacial score (nSPS) is 20.6. The summed E-state index contributed by atoms with van der Waals surface area (Å²) in [5, 5.41) is 9.66. The van der Waals surface area contributed by atoms with Crippen molar-refractivity contribution in [2.45, 2.75) is 53.0 Å². The van der Waals surface area contributed by atoms with Gasteiger partial charge in [0.15, 0.2) is 0 Å². The molecule has 0 aliphatic carbocycles. The summed E-state index contributed by atoms with van der Waals surface area (Å²) < 4.78 is 113. The van der Waals surface area contributed by atoms with Gasteiger partial charge in [-0.3, -0.25) is 0 Å². The van der Waals surface area contributed by atoms with Gasteiger partial charge in [-0.15, -0.1) is 12.6 Å². The minimum Gasteiger partial charge on any atom is -0.399 e. The lowest BCUT2D eigenvalue weighted by atomic mass is 9.91. The van der Waals surface area contributed by atoms with E-state index in [1.54, 1.807) is 4.90 Å². The molecule has 2 aliphatic rings. The predicted octanol–water partition coefficient (Wildman–Crippen LogP) is 3.36. The molecule has 40 heavy (non-hydrogen) atoms. The Kier molecular flexibility index (Phi) is 8.53. The fourth-order valence-electron chi connectivity index (χ4n) is 4.90. The molecule has 3 N–H and O–H groups in total. The highest BCUT2D eigenvalue weighted by atomic mass is 32.2. The van der Waals surface area contributed by atoms with Crippen LogP contribution >= 0.6 is 12.6 Å². The van der Waals surface area contributed by atoms with Gasteiger partial charge in [-0.2, -0.15) is 30.6 Å². The average Bonchev–Trinajstić information content (AvgIpc) is 2.89. The third-order valence-electron chi connectivity index (χ3n) is 7.13. The number of anilines is 2. The molecule has 9 nitrogen and oxygen atoms in total. The number of benzene rings is 1. The zero-order valence-corrected chi connectivity index (χ0v) is 22.6. The van der Waals surface area contributed by atoms with Gasteiger partial charge >= 0.3 is 12.4 Å². The van der Waals surface area contributed by atoms with E-state index in [1.165, 1.54) is 22.5 Å². The Morgan fingerprint density at radius 3 is 2.23 bits per heavy atom. The van der Waals surface area contributed by atoms with E-state index in [4.69, 9.17) is 10.5 Å². The molecule has 1 aromatic carbocycles. The smallest absolute Gasteiger partial charge is 0.399 e. The van der Waals surface area contributed by atoms with Gasteiger partial charge in [-0.25, -0.2) is 18.4 Å². The van der Waals surface area contributed by atoms with Gasteiger partial charge in [0.05, 0.1) is 4.90 Å². The molecule has 222 valence electrons. The van der Waals surface area contributed by atoms with E-state index in [0.717, 1.165) is 0 Å². The lowest BCUT2D eigenvalue weighted by molar-refractivity contribution is -0.376. The molecule has 2 aromatic rings. The lowest BCUT2D eigenvalue weighted by Gasteiger charge is -2.42. The Morgan fingerprint density at radius 1 is 1.05 bits per heavy atom. The molecule has 4 rings (SSSR count). The van der Waals surface area contributed by atoms with E-state index >= 15 is 0 Å². The number of hydrogen-bond donors (Lipinski definition) is 3. The minimum atomic E-state index is -6.08. The number of sulfonamides is 1. The van der Waals surface area contributed by atoms with Crippen molar-refractivity contribution in [1.29, 1.82) is 0 Å². The van der Waals surface area contributed by atoms with E-state index in [2.05, 4.69) is 22.6 Å². The summed E-state index contributed by atoms with van der Waals surface area (Å²) in [5.74, 6) is -0.0695. The molecule has 0 radical (unpaired) electrons. The van der Waals surface area contributed by atoms with Crippen LogP contribution in [0.3, 0.4) is 0 Å². The zero-order chi connectivity index (χ0) is 29.5.